The van der Waals surface area contributed by atoms with E-state index in [-0.39, 0.29) is 18.0 Å². The van der Waals surface area contributed by atoms with Crippen LogP contribution in [0.5, 0.6) is 0 Å². The van der Waals surface area contributed by atoms with Crippen LogP contribution in [0.4, 0.5) is 11.4 Å². The minimum absolute atomic E-state index is 0.110. The molecule has 1 N–H and O–H groups in total. The van der Waals surface area contributed by atoms with E-state index in [2.05, 4.69) is 5.32 Å². The molecular weight excluding hydrogens is 224 g/mol. The summed E-state index contributed by atoms with van der Waals surface area (Å²) in [6.07, 6.45) is 0. The van der Waals surface area contributed by atoms with Gasteiger partial charge in [-0.15, -0.1) is 0 Å². The smallest absolute Gasteiger partial charge is 0.293 e. The van der Waals surface area contributed by atoms with Crippen molar-refractivity contribution in [2.75, 3.05) is 18.5 Å². The highest BCUT2D eigenvalue weighted by atomic mass is 16.6. The van der Waals surface area contributed by atoms with Crippen LogP contribution in [0.3, 0.4) is 0 Å². The maximum absolute atomic E-state index is 11.4. The van der Waals surface area contributed by atoms with Crippen molar-refractivity contribution in [2.45, 2.75) is 13.8 Å². The number of carbonyl (C=O) groups excluding carboxylic acids is 1. The van der Waals surface area contributed by atoms with Gasteiger partial charge in [0.25, 0.3) is 11.6 Å². The van der Waals surface area contributed by atoms with Crippen molar-refractivity contribution in [2.24, 2.45) is 0 Å². The quantitative estimate of drug-likeness (QED) is 0.627. The van der Waals surface area contributed by atoms with Crippen molar-refractivity contribution in [1.29, 1.82) is 0 Å². The molecule has 1 amide bonds. The highest BCUT2D eigenvalue weighted by molar-refractivity contribution is 5.94. The third kappa shape index (κ3) is 3.84. The number of aryl methyl sites for hydroxylation is 1. The molecular formula is C11H14N2O4. The van der Waals surface area contributed by atoms with Gasteiger partial charge < -0.3 is 10.1 Å². The molecule has 0 atom stereocenters. The van der Waals surface area contributed by atoms with Gasteiger partial charge in [-0.2, -0.15) is 0 Å². The number of nitrogens with zero attached hydrogens (tertiary/aromatic N) is 1. The number of amides is 1. The Balaban J connectivity index is 2.83. The van der Waals surface area contributed by atoms with E-state index in [0.29, 0.717) is 6.61 Å². The highest BCUT2D eigenvalue weighted by Gasteiger charge is 2.15. The molecule has 6 heteroatoms. The minimum Gasteiger partial charge on any atom is -0.372 e. The lowest BCUT2D eigenvalue weighted by Gasteiger charge is -2.06. The van der Waals surface area contributed by atoms with E-state index in [1.165, 1.54) is 12.1 Å². The first-order valence-corrected chi connectivity index (χ1v) is 5.17. The van der Waals surface area contributed by atoms with Gasteiger partial charge in [0, 0.05) is 12.7 Å². The summed E-state index contributed by atoms with van der Waals surface area (Å²) in [5.74, 6) is -0.404. The fourth-order valence-electron chi connectivity index (χ4n) is 1.28. The SMILES string of the molecule is CCOCC(=O)Nc1ccc(C)cc1[N+](=O)[O-]. The Morgan fingerprint density at radius 1 is 1.53 bits per heavy atom. The zero-order valence-corrected chi connectivity index (χ0v) is 9.73. The van der Waals surface area contributed by atoms with Crippen molar-refractivity contribution in [3.8, 4) is 0 Å². The molecule has 0 spiro atoms. The molecule has 0 heterocycles. The van der Waals surface area contributed by atoms with Crippen LogP contribution in [0.15, 0.2) is 18.2 Å². The average Bonchev–Trinajstić information content (AvgIpc) is 2.28. The van der Waals surface area contributed by atoms with Crippen molar-refractivity contribution in [3.63, 3.8) is 0 Å². The molecule has 0 aliphatic rings. The molecule has 1 rings (SSSR count). The molecule has 0 bridgehead atoms. The Bertz CT molecular complexity index is 431. The van der Waals surface area contributed by atoms with E-state index < -0.39 is 10.8 Å². The number of hydrogen-bond donors (Lipinski definition) is 1. The fourth-order valence-corrected chi connectivity index (χ4v) is 1.28. The van der Waals surface area contributed by atoms with Crippen molar-refractivity contribution < 1.29 is 14.5 Å². The standard InChI is InChI=1S/C11H14N2O4/c1-3-17-7-11(14)12-9-5-4-8(2)6-10(9)13(15)16/h4-6H,3,7H2,1-2H3,(H,12,14). The molecule has 17 heavy (non-hydrogen) atoms. The van der Waals surface area contributed by atoms with Gasteiger partial charge >= 0.3 is 0 Å². The summed E-state index contributed by atoms with van der Waals surface area (Å²) in [6.45, 7) is 3.82. The normalized spacial score (nSPS) is 10.0. The lowest BCUT2D eigenvalue weighted by Crippen LogP contribution is -2.18. The van der Waals surface area contributed by atoms with Crippen molar-refractivity contribution >= 4 is 17.3 Å². The number of ether oxygens (including phenoxy) is 1. The third-order valence-corrected chi connectivity index (χ3v) is 2.06. The number of nitro benzene ring substituents is 1. The topological polar surface area (TPSA) is 81.5 Å². The maximum atomic E-state index is 11.4. The first-order valence-electron chi connectivity index (χ1n) is 5.17. The van der Waals surface area contributed by atoms with E-state index in [1.807, 2.05) is 0 Å². The maximum Gasteiger partial charge on any atom is 0.293 e. The molecule has 6 nitrogen and oxygen atoms in total. The molecule has 0 aliphatic carbocycles. The van der Waals surface area contributed by atoms with Crippen LogP contribution in [0, 0.1) is 17.0 Å². The Hall–Kier alpha value is -1.95. The largest absolute Gasteiger partial charge is 0.372 e. The van der Waals surface area contributed by atoms with Gasteiger partial charge in [0.1, 0.15) is 12.3 Å². The number of rotatable bonds is 5. The second-order valence-electron chi connectivity index (χ2n) is 3.46. The average molecular weight is 238 g/mol. The number of benzene rings is 1. The van der Waals surface area contributed by atoms with Gasteiger partial charge in [-0.1, -0.05) is 6.07 Å². The van der Waals surface area contributed by atoms with Gasteiger partial charge in [-0.3, -0.25) is 14.9 Å². The van der Waals surface area contributed by atoms with Gasteiger partial charge in [-0.05, 0) is 25.5 Å². The first kappa shape index (κ1) is 13.1. The summed E-state index contributed by atoms with van der Waals surface area (Å²) < 4.78 is 4.91. The van der Waals surface area contributed by atoms with Crippen molar-refractivity contribution in [1.82, 2.24) is 0 Å². The number of nitrogens with one attached hydrogen (secondary N) is 1. The van der Waals surface area contributed by atoms with Crippen molar-refractivity contribution in [3.05, 3.63) is 33.9 Å². The van der Waals surface area contributed by atoms with E-state index in [9.17, 15) is 14.9 Å². The summed E-state index contributed by atoms with van der Waals surface area (Å²) in [7, 11) is 0. The summed E-state index contributed by atoms with van der Waals surface area (Å²) in [5, 5.41) is 13.2. The lowest BCUT2D eigenvalue weighted by atomic mass is 10.2. The highest BCUT2D eigenvalue weighted by Crippen LogP contribution is 2.25. The summed E-state index contributed by atoms with van der Waals surface area (Å²) in [5.41, 5.74) is 0.833. The van der Waals surface area contributed by atoms with E-state index in [1.54, 1.807) is 19.9 Å². The molecule has 1 aromatic carbocycles. The van der Waals surface area contributed by atoms with Crippen LogP contribution in [0.2, 0.25) is 0 Å². The van der Waals surface area contributed by atoms with E-state index in [4.69, 9.17) is 4.74 Å². The summed E-state index contributed by atoms with van der Waals surface area (Å²) in [6, 6.07) is 4.62. The van der Waals surface area contributed by atoms with Gasteiger partial charge in [-0.25, -0.2) is 0 Å². The number of anilines is 1. The molecule has 0 saturated carbocycles. The first-order chi connectivity index (χ1) is 8.04. The molecule has 0 saturated heterocycles. The fraction of sp³-hybridized carbons (Fsp3) is 0.364. The lowest BCUT2D eigenvalue weighted by molar-refractivity contribution is -0.384. The van der Waals surface area contributed by atoms with Gasteiger partial charge in [0.05, 0.1) is 4.92 Å². The zero-order chi connectivity index (χ0) is 12.8. The predicted molar refractivity (Wildman–Crippen MR) is 63.0 cm³/mol. The molecule has 1 aromatic rings. The van der Waals surface area contributed by atoms with Crippen LogP contribution in [-0.2, 0) is 9.53 Å². The molecule has 0 unspecified atom stereocenters. The molecule has 92 valence electrons. The van der Waals surface area contributed by atoms with E-state index >= 15 is 0 Å². The molecule has 0 fully saturated rings. The zero-order valence-electron chi connectivity index (χ0n) is 9.73. The van der Waals surface area contributed by atoms with Crippen LogP contribution < -0.4 is 5.32 Å². The predicted octanol–water partition coefficient (Wildman–Crippen LogP) is 1.88. The Labute approximate surface area is 98.7 Å². The minimum atomic E-state index is -0.525. The Morgan fingerprint density at radius 2 is 2.24 bits per heavy atom. The van der Waals surface area contributed by atoms with Crippen LogP contribution >= 0.6 is 0 Å². The Kier molecular flexibility index (Phi) is 4.59. The number of carbonyl (C=O) groups is 1. The second-order valence-corrected chi connectivity index (χ2v) is 3.46. The number of nitro groups is 1. The summed E-state index contributed by atoms with van der Waals surface area (Å²) in [4.78, 5) is 21.6. The molecule has 0 aliphatic heterocycles. The second kappa shape index (κ2) is 5.95. The van der Waals surface area contributed by atoms with Crippen LogP contribution in [0.25, 0.3) is 0 Å². The Morgan fingerprint density at radius 3 is 2.82 bits per heavy atom. The van der Waals surface area contributed by atoms with Crippen LogP contribution in [0.1, 0.15) is 12.5 Å². The summed E-state index contributed by atoms with van der Waals surface area (Å²) >= 11 is 0. The van der Waals surface area contributed by atoms with Crippen LogP contribution in [-0.4, -0.2) is 24.0 Å². The number of hydrogen-bond acceptors (Lipinski definition) is 4. The molecule has 0 aromatic heterocycles. The molecule has 0 radical (unpaired) electrons. The van der Waals surface area contributed by atoms with E-state index in [0.717, 1.165) is 5.56 Å². The third-order valence-electron chi connectivity index (χ3n) is 2.06. The van der Waals surface area contributed by atoms with Gasteiger partial charge in [0.2, 0.25) is 0 Å². The van der Waals surface area contributed by atoms with Gasteiger partial charge in [0.15, 0.2) is 0 Å². The monoisotopic (exact) mass is 238 g/mol.